The van der Waals surface area contributed by atoms with Gasteiger partial charge < -0.3 is 24.8 Å². The van der Waals surface area contributed by atoms with Crippen LogP contribution in [0.5, 0.6) is 0 Å². The number of hydrogen-bond acceptors (Lipinski definition) is 5. The van der Waals surface area contributed by atoms with Crippen LogP contribution < -0.4 is 10.6 Å². The molecular formula is C22H31N5O4. The maximum absolute atomic E-state index is 13.1. The van der Waals surface area contributed by atoms with E-state index in [4.69, 9.17) is 4.74 Å². The van der Waals surface area contributed by atoms with Crippen molar-refractivity contribution in [1.82, 2.24) is 25.1 Å². The molecule has 4 heterocycles. The second-order valence-electron chi connectivity index (χ2n) is 8.89. The summed E-state index contributed by atoms with van der Waals surface area (Å²) >= 11 is 0. The topological polar surface area (TPSA) is 106 Å². The van der Waals surface area contributed by atoms with Crippen molar-refractivity contribution in [3.8, 4) is 0 Å². The second-order valence-corrected chi connectivity index (χ2v) is 8.89. The van der Waals surface area contributed by atoms with Crippen molar-refractivity contribution >= 4 is 17.7 Å². The van der Waals surface area contributed by atoms with Gasteiger partial charge in [-0.3, -0.25) is 14.4 Å². The van der Waals surface area contributed by atoms with E-state index >= 15 is 0 Å². The van der Waals surface area contributed by atoms with Gasteiger partial charge in [-0.1, -0.05) is 12.2 Å². The summed E-state index contributed by atoms with van der Waals surface area (Å²) in [6.07, 6.45) is 10.8. The van der Waals surface area contributed by atoms with Crippen molar-refractivity contribution in [3.63, 3.8) is 0 Å². The lowest BCUT2D eigenvalue weighted by atomic mass is 9.74. The molecule has 2 saturated heterocycles. The molecule has 0 radical (unpaired) electrons. The molecule has 1 aromatic rings. The van der Waals surface area contributed by atoms with Crippen molar-refractivity contribution in [2.24, 2.45) is 18.4 Å². The highest BCUT2D eigenvalue weighted by Crippen LogP contribution is 2.36. The lowest BCUT2D eigenvalue weighted by Gasteiger charge is -2.40. The predicted octanol–water partition coefficient (Wildman–Crippen LogP) is 0.630. The standard InChI is InChI=1S/C22H31N5O4/c1-26-13-18(24-15-26)20(29)27-9-7-22(8-10-27)6-3-2-4-16-14-31-11-5-17(16)25-19(28)12-23-21(22)30/h2-3,13,15-17H,4-12,14H2,1H3,(H,23,30)(H,25,28)/b3-2+/t16-,17+/m0/s1. The number of nitrogens with one attached hydrogen (secondary N) is 2. The maximum Gasteiger partial charge on any atom is 0.274 e. The van der Waals surface area contributed by atoms with E-state index in [9.17, 15) is 14.4 Å². The van der Waals surface area contributed by atoms with Crippen molar-refractivity contribution in [3.05, 3.63) is 30.4 Å². The highest BCUT2D eigenvalue weighted by Gasteiger charge is 2.42. The van der Waals surface area contributed by atoms with Crippen molar-refractivity contribution < 1.29 is 19.1 Å². The van der Waals surface area contributed by atoms with Crippen LogP contribution in [0.15, 0.2) is 24.7 Å². The third kappa shape index (κ3) is 4.81. The number of hydrogen-bond donors (Lipinski definition) is 2. The molecule has 2 fully saturated rings. The molecular weight excluding hydrogens is 398 g/mol. The normalized spacial score (nSPS) is 28.0. The van der Waals surface area contributed by atoms with Crippen LogP contribution >= 0.6 is 0 Å². The fourth-order valence-electron chi connectivity index (χ4n) is 4.75. The van der Waals surface area contributed by atoms with Crippen molar-refractivity contribution in [1.29, 1.82) is 0 Å². The molecule has 3 amide bonds. The minimum Gasteiger partial charge on any atom is -0.381 e. The number of likely N-dealkylation sites (tertiary alicyclic amines) is 1. The number of fused-ring (bicyclic) bond motifs is 1. The molecule has 9 nitrogen and oxygen atoms in total. The van der Waals surface area contributed by atoms with Crippen LogP contribution in [-0.2, 0) is 21.4 Å². The molecule has 0 aliphatic carbocycles. The minimum absolute atomic E-state index is 0.0229. The third-order valence-electron chi connectivity index (χ3n) is 6.76. The molecule has 1 spiro atoms. The Bertz CT molecular complexity index is 856. The highest BCUT2D eigenvalue weighted by molar-refractivity contribution is 5.93. The first kappa shape index (κ1) is 21.5. The van der Waals surface area contributed by atoms with Crippen molar-refractivity contribution in [2.75, 3.05) is 32.8 Å². The summed E-state index contributed by atoms with van der Waals surface area (Å²) in [6.45, 7) is 2.24. The molecule has 9 heteroatoms. The van der Waals surface area contributed by atoms with Crippen LogP contribution in [0.1, 0.15) is 42.6 Å². The smallest absolute Gasteiger partial charge is 0.274 e. The lowest BCUT2D eigenvalue weighted by molar-refractivity contribution is -0.135. The quantitative estimate of drug-likeness (QED) is 0.637. The van der Waals surface area contributed by atoms with Gasteiger partial charge in [0.25, 0.3) is 5.91 Å². The van der Waals surface area contributed by atoms with E-state index in [-0.39, 0.29) is 36.2 Å². The van der Waals surface area contributed by atoms with Crippen LogP contribution in [-0.4, -0.2) is 71.1 Å². The summed E-state index contributed by atoms with van der Waals surface area (Å²) in [5.41, 5.74) is -0.193. The number of imidazole rings is 1. The summed E-state index contributed by atoms with van der Waals surface area (Å²) in [5.74, 6) is -0.130. The first-order chi connectivity index (χ1) is 15.0. The zero-order valence-electron chi connectivity index (χ0n) is 18.0. The fourth-order valence-corrected chi connectivity index (χ4v) is 4.75. The number of amides is 3. The van der Waals surface area contributed by atoms with Gasteiger partial charge >= 0.3 is 0 Å². The van der Waals surface area contributed by atoms with E-state index in [0.717, 1.165) is 12.8 Å². The largest absolute Gasteiger partial charge is 0.381 e. The first-order valence-electron chi connectivity index (χ1n) is 11.0. The van der Waals surface area contributed by atoms with Crippen LogP contribution in [0, 0.1) is 11.3 Å². The molecule has 3 aliphatic heterocycles. The molecule has 4 rings (SSSR count). The molecule has 0 saturated carbocycles. The number of aromatic nitrogens is 2. The monoisotopic (exact) mass is 429 g/mol. The van der Waals surface area contributed by atoms with Gasteiger partial charge in [0.1, 0.15) is 5.69 Å². The van der Waals surface area contributed by atoms with E-state index in [0.29, 0.717) is 51.3 Å². The van der Waals surface area contributed by atoms with Gasteiger partial charge in [0.15, 0.2) is 0 Å². The zero-order valence-corrected chi connectivity index (χ0v) is 18.0. The molecule has 168 valence electrons. The Labute approximate surface area is 182 Å². The summed E-state index contributed by atoms with van der Waals surface area (Å²) in [4.78, 5) is 44.2. The number of ether oxygens (including phenoxy) is 1. The molecule has 2 atom stereocenters. The number of rotatable bonds is 1. The Kier molecular flexibility index (Phi) is 6.41. The number of carbonyl (C=O) groups excluding carboxylic acids is 3. The molecule has 3 aliphatic rings. The Morgan fingerprint density at radius 1 is 1.26 bits per heavy atom. The second kappa shape index (κ2) is 9.21. The Hall–Kier alpha value is -2.68. The summed E-state index contributed by atoms with van der Waals surface area (Å²) < 4.78 is 7.35. The Morgan fingerprint density at radius 2 is 2.06 bits per heavy atom. The SMILES string of the molecule is Cn1cnc(C(=O)N2CCC3(C/C=C/C[C@H]4COCC[C@H]4NC(=O)CNC3=O)CC2)c1. The van der Waals surface area contributed by atoms with Crippen molar-refractivity contribution in [2.45, 2.75) is 38.1 Å². The summed E-state index contributed by atoms with van der Waals surface area (Å²) in [7, 11) is 1.83. The molecule has 0 unspecified atom stereocenters. The molecule has 0 bridgehead atoms. The van der Waals surface area contributed by atoms with Gasteiger partial charge in [-0.05, 0) is 32.1 Å². The van der Waals surface area contributed by atoms with Gasteiger partial charge in [-0.25, -0.2) is 4.98 Å². The Morgan fingerprint density at radius 3 is 2.81 bits per heavy atom. The first-order valence-corrected chi connectivity index (χ1v) is 11.0. The van der Waals surface area contributed by atoms with Gasteiger partial charge in [0.2, 0.25) is 11.8 Å². The number of aryl methyl sites for hydroxylation is 1. The third-order valence-corrected chi connectivity index (χ3v) is 6.76. The summed E-state index contributed by atoms with van der Waals surface area (Å²) in [5, 5.41) is 5.91. The number of nitrogens with zero attached hydrogens (tertiary/aromatic N) is 3. The average Bonchev–Trinajstić information content (AvgIpc) is 3.21. The van der Waals surface area contributed by atoms with Gasteiger partial charge in [0, 0.05) is 44.9 Å². The Balaban J connectivity index is 1.45. The minimum atomic E-state index is -0.612. The number of carbonyl (C=O) groups is 3. The van der Waals surface area contributed by atoms with E-state index in [1.54, 1.807) is 22.0 Å². The fraction of sp³-hybridized carbons (Fsp3) is 0.636. The lowest BCUT2D eigenvalue weighted by Crippen LogP contribution is -2.53. The zero-order chi connectivity index (χ0) is 21.8. The molecule has 0 aromatic carbocycles. The van der Waals surface area contributed by atoms with Crippen LogP contribution in [0.2, 0.25) is 0 Å². The average molecular weight is 430 g/mol. The predicted molar refractivity (Wildman–Crippen MR) is 113 cm³/mol. The van der Waals surface area contributed by atoms with Crippen LogP contribution in [0.4, 0.5) is 0 Å². The van der Waals surface area contributed by atoms with E-state index in [1.165, 1.54) is 0 Å². The van der Waals surface area contributed by atoms with Crippen LogP contribution in [0.3, 0.4) is 0 Å². The van der Waals surface area contributed by atoms with Gasteiger partial charge in [0.05, 0.1) is 24.9 Å². The van der Waals surface area contributed by atoms with E-state index < -0.39 is 5.41 Å². The van der Waals surface area contributed by atoms with Gasteiger partial charge in [-0.15, -0.1) is 0 Å². The van der Waals surface area contributed by atoms with E-state index in [2.05, 4.69) is 27.8 Å². The number of piperidine rings is 1. The number of allylic oxidation sites excluding steroid dienone is 2. The van der Waals surface area contributed by atoms with Crippen LogP contribution in [0.25, 0.3) is 0 Å². The molecule has 1 aromatic heterocycles. The molecule has 31 heavy (non-hydrogen) atoms. The van der Waals surface area contributed by atoms with E-state index in [1.807, 2.05) is 7.05 Å². The summed E-state index contributed by atoms with van der Waals surface area (Å²) in [6, 6.07) is 0.0806. The maximum atomic E-state index is 13.1. The van der Waals surface area contributed by atoms with Gasteiger partial charge in [-0.2, -0.15) is 0 Å². The molecule has 2 N–H and O–H groups in total. The highest BCUT2D eigenvalue weighted by atomic mass is 16.5.